The molecule has 4 nitrogen and oxygen atoms in total. The highest BCUT2D eigenvalue weighted by Crippen LogP contribution is 2.31. The van der Waals surface area contributed by atoms with Gasteiger partial charge in [-0.1, -0.05) is 51.2 Å². The number of thiocarbonyl (C=S) groups is 1. The van der Waals surface area contributed by atoms with Gasteiger partial charge in [0.25, 0.3) is 0 Å². The summed E-state index contributed by atoms with van der Waals surface area (Å²) < 4.78 is 5.90. The van der Waals surface area contributed by atoms with E-state index in [1.807, 2.05) is 6.92 Å². The second-order valence-electron chi connectivity index (χ2n) is 5.75. The van der Waals surface area contributed by atoms with Crippen LogP contribution in [0, 0.1) is 5.92 Å². The minimum atomic E-state index is -0.411. The predicted molar refractivity (Wildman–Crippen MR) is 88.0 cm³/mol. The Hall–Kier alpha value is -0.880. The third-order valence-corrected chi connectivity index (χ3v) is 5.32. The number of hydrogen-bond donors (Lipinski definition) is 0. The van der Waals surface area contributed by atoms with Crippen molar-refractivity contribution < 1.29 is 14.3 Å². The van der Waals surface area contributed by atoms with Crippen LogP contribution in [0.15, 0.2) is 11.6 Å². The van der Waals surface area contributed by atoms with Crippen LogP contribution < -0.4 is 0 Å². The van der Waals surface area contributed by atoms with E-state index in [1.165, 1.54) is 6.08 Å². The van der Waals surface area contributed by atoms with Crippen LogP contribution in [0.1, 0.15) is 40.0 Å². The Kier molecular flexibility index (Phi) is 5.43. The minimum absolute atomic E-state index is 0.0367. The second-order valence-corrected chi connectivity index (χ2v) is 7.40. The summed E-state index contributed by atoms with van der Waals surface area (Å²) in [6, 6.07) is 0.144. The molecule has 2 aliphatic rings. The van der Waals surface area contributed by atoms with E-state index in [2.05, 4.69) is 13.8 Å². The van der Waals surface area contributed by atoms with Crippen molar-refractivity contribution in [3.8, 4) is 0 Å². The van der Waals surface area contributed by atoms with Crippen molar-refractivity contribution in [2.24, 2.45) is 5.92 Å². The zero-order valence-electron chi connectivity index (χ0n) is 12.6. The molecule has 0 radical (unpaired) electrons. The molecule has 1 fully saturated rings. The van der Waals surface area contributed by atoms with Crippen LogP contribution in [0.2, 0.25) is 0 Å². The van der Waals surface area contributed by atoms with E-state index in [9.17, 15) is 9.59 Å². The standard InChI is InChI=1S/C15H21NO3S2/c1-4-5-10-6-14(18)19-12(10)7-13(17)16-11(9(2)3)8-21-15(16)20/h6,9,11-12H,4-5,7-8H2,1-3H3/t11-,12-/m1/s1. The number of carbonyl (C=O) groups is 2. The van der Waals surface area contributed by atoms with Gasteiger partial charge in [-0.25, -0.2) is 4.79 Å². The number of nitrogens with zero attached hydrogens (tertiary/aromatic N) is 1. The number of thioether (sulfide) groups is 1. The van der Waals surface area contributed by atoms with Crippen molar-refractivity contribution in [3.05, 3.63) is 11.6 Å². The molecule has 1 amide bonds. The van der Waals surface area contributed by atoms with Gasteiger partial charge < -0.3 is 4.74 Å². The first-order valence-electron chi connectivity index (χ1n) is 7.34. The highest BCUT2D eigenvalue weighted by atomic mass is 32.2. The molecule has 2 aliphatic heterocycles. The molecular formula is C15H21NO3S2. The van der Waals surface area contributed by atoms with E-state index < -0.39 is 6.10 Å². The summed E-state index contributed by atoms with van der Waals surface area (Å²) >= 11 is 6.86. The van der Waals surface area contributed by atoms with Crippen molar-refractivity contribution in [2.75, 3.05) is 5.75 Å². The highest BCUT2D eigenvalue weighted by molar-refractivity contribution is 8.23. The van der Waals surface area contributed by atoms with Crippen molar-refractivity contribution in [1.82, 2.24) is 4.90 Å². The molecule has 0 N–H and O–H groups in total. The van der Waals surface area contributed by atoms with Crippen LogP contribution >= 0.6 is 24.0 Å². The van der Waals surface area contributed by atoms with Crippen LogP contribution in [-0.4, -0.2) is 39.0 Å². The van der Waals surface area contributed by atoms with Gasteiger partial charge in [0.2, 0.25) is 5.91 Å². The molecule has 21 heavy (non-hydrogen) atoms. The zero-order valence-corrected chi connectivity index (χ0v) is 14.3. The van der Waals surface area contributed by atoms with Crippen molar-refractivity contribution >= 4 is 40.2 Å². The summed E-state index contributed by atoms with van der Waals surface area (Å²) in [5.74, 6) is 0.837. The molecule has 1 saturated heterocycles. The van der Waals surface area contributed by atoms with Gasteiger partial charge in [0.1, 0.15) is 10.4 Å². The van der Waals surface area contributed by atoms with Crippen molar-refractivity contribution in [2.45, 2.75) is 52.2 Å². The first kappa shape index (κ1) is 16.5. The van der Waals surface area contributed by atoms with Crippen molar-refractivity contribution in [1.29, 1.82) is 0 Å². The first-order chi connectivity index (χ1) is 9.93. The quantitative estimate of drug-likeness (QED) is 0.574. The van der Waals surface area contributed by atoms with E-state index in [0.717, 1.165) is 24.2 Å². The fourth-order valence-electron chi connectivity index (χ4n) is 2.66. The van der Waals surface area contributed by atoms with E-state index >= 15 is 0 Å². The molecule has 2 atom stereocenters. The maximum atomic E-state index is 12.6. The summed E-state index contributed by atoms with van der Waals surface area (Å²) in [6.45, 7) is 6.23. The maximum absolute atomic E-state index is 12.6. The molecule has 0 aliphatic carbocycles. The summed E-state index contributed by atoms with van der Waals surface area (Å²) in [7, 11) is 0. The van der Waals surface area contributed by atoms with Crippen LogP contribution in [0.3, 0.4) is 0 Å². The molecule has 2 heterocycles. The Morgan fingerprint density at radius 2 is 2.29 bits per heavy atom. The molecule has 0 spiro atoms. The molecule has 116 valence electrons. The van der Waals surface area contributed by atoms with Gasteiger partial charge in [-0.15, -0.1) is 0 Å². The number of hydrogen-bond acceptors (Lipinski definition) is 5. The summed E-state index contributed by atoms with van der Waals surface area (Å²) in [6.07, 6.45) is 3.03. The normalized spacial score (nSPS) is 25.5. The van der Waals surface area contributed by atoms with Gasteiger partial charge in [0, 0.05) is 17.9 Å². The minimum Gasteiger partial charge on any atom is -0.454 e. The summed E-state index contributed by atoms with van der Waals surface area (Å²) in [4.78, 5) is 25.7. The van der Waals surface area contributed by atoms with Gasteiger partial charge in [0.15, 0.2) is 0 Å². The van der Waals surface area contributed by atoms with Crippen LogP contribution in [0.25, 0.3) is 0 Å². The second kappa shape index (κ2) is 6.92. The predicted octanol–water partition coefficient (Wildman–Crippen LogP) is 2.91. The molecule has 0 aromatic heterocycles. The maximum Gasteiger partial charge on any atom is 0.331 e. The topological polar surface area (TPSA) is 46.6 Å². The highest BCUT2D eigenvalue weighted by Gasteiger charge is 2.38. The SMILES string of the molecule is CCCC1=CC(=O)O[C@@H]1CC(=O)N1C(=S)SC[C@@H]1C(C)C. The van der Waals surface area contributed by atoms with Crippen LogP contribution in [0.4, 0.5) is 0 Å². The third-order valence-electron chi connectivity index (χ3n) is 3.82. The van der Waals surface area contributed by atoms with E-state index in [-0.39, 0.29) is 24.3 Å². The van der Waals surface area contributed by atoms with E-state index in [0.29, 0.717) is 10.2 Å². The van der Waals surface area contributed by atoms with Crippen molar-refractivity contribution in [3.63, 3.8) is 0 Å². The Labute approximate surface area is 135 Å². The number of ether oxygens (including phenoxy) is 1. The van der Waals surface area contributed by atoms with Gasteiger partial charge in [0.05, 0.1) is 6.42 Å². The number of amides is 1. The Bertz CT molecular complexity index is 487. The number of carbonyl (C=O) groups excluding carboxylic acids is 2. The molecular weight excluding hydrogens is 306 g/mol. The van der Waals surface area contributed by atoms with Gasteiger partial charge in [-0.2, -0.15) is 0 Å². The number of esters is 1. The average Bonchev–Trinajstić information content (AvgIpc) is 2.93. The Morgan fingerprint density at radius 1 is 1.57 bits per heavy atom. The molecule has 0 unspecified atom stereocenters. The lowest BCUT2D eigenvalue weighted by Gasteiger charge is -2.27. The van der Waals surface area contributed by atoms with Gasteiger partial charge >= 0.3 is 5.97 Å². The lowest BCUT2D eigenvalue weighted by Crippen LogP contribution is -2.43. The lowest BCUT2D eigenvalue weighted by molar-refractivity contribution is -0.141. The monoisotopic (exact) mass is 327 g/mol. The first-order valence-corrected chi connectivity index (χ1v) is 8.73. The van der Waals surface area contributed by atoms with Gasteiger partial charge in [-0.3, -0.25) is 9.69 Å². The number of rotatable bonds is 5. The van der Waals surface area contributed by atoms with E-state index in [1.54, 1.807) is 16.7 Å². The van der Waals surface area contributed by atoms with E-state index in [4.69, 9.17) is 17.0 Å². The molecule has 0 saturated carbocycles. The third kappa shape index (κ3) is 3.66. The zero-order chi connectivity index (χ0) is 15.6. The largest absolute Gasteiger partial charge is 0.454 e. The molecule has 0 aromatic rings. The summed E-state index contributed by atoms with van der Waals surface area (Å²) in [5.41, 5.74) is 0.926. The fraction of sp³-hybridized carbons (Fsp3) is 0.667. The molecule has 0 bridgehead atoms. The van der Waals surface area contributed by atoms with Gasteiger partial charge in [-0.05, 0) is 17.9 Å². The number of cyclic esters (lactones) is 1. The smallest absolute Gasteiger partial charge is 0.331 e. The van der Waals surface area contributed by atoms with Crippen LogP contribution in [0.5, 0.6) is 0 Å². The Morgan fingerprint density at radius 3 is 2.90 bits per heavy atom. The van der Waals surface area contributed by atoms with Crippen LogP contribution in [-0.2, 0) is 14.3 Å². The molecule has 0 aromatic carbocycles. The fourth-order valence-corrected chi connectivity index (χ4v) is 4.32. The molecule has 6 heteroatoms. The lowest BCUT2D eigenvalue weighted by atomic mass is 10.0. The molecule has 2 rings (SSSR count). The summed E-state index contributed by atoms with van der Waals surface area (Å²) in [5, 5.41) is 0. The average molecular weight is 327 g/mol. The Balaban J connectivity index is 2.05.